The number of carbonyl (C=O) groups is 1. The van der Waals surface area contributed by atoms with Crippen molar-refractivity contribution < 1.29 is 9.53 Å². The number of benzene rings is 1. The average molecular weight is 329 g/mol. The molecular formula is C17H29ClN2O2. The van der Waals surface area contributed by atoms with Gasteiger partial charge in [-0.3, -0.25) is 4.79 Å². The molecule has 0 bridgehead atoms. The van der Waals surface area contributed by atoms with E-state index in [4.69, 9.17) is 10.5 Å². The third-order valence-corrected chi connectivity index (χ3v) is 3.69. The van der Waals surface area contributed by atoms with Crippen molar-refractivity contribution in [3.63, 3.8) is 0 Å². The van der Waals surface area contributed by atoms with E-state index >= 15 is 0 Å². The summed E-state index contributed by atoms with van der Waals surface area (Å²) in [7, 11) is 0. The molecule has 0 spiro atoms. The maximum absolute atomic E-state index is 12.2. The van der Waals surface area contributed by atoms with Gasteiger partial charge in [0.1, 0.15) is 5.75 Å². The van der Waals surface area contributed by atoms with Crippen molar-refractivity contribution in [3.8, 4) is 5.75 Å². The summed E-state index contributed by atoms with van der Waals surface area (Å²) in [4.78, 5) is 12.2. The van der Waals surface area contributed by atoms with Crippen LogP contribution >= 0.6 is 12.4 Å². The SMILES string of the molecule is CCC(N)(CC)CNC(=O)c1cccc(OCC(C)C)c1.Cl. The van der Waals surface area contributed by atoms with Gasteiger partial charge in [-0.15, -0.1) is 12.4 Å². The van der Waals surface area contributed by atoms with E-state index in [0.717, 1.165) is 18.6 Å². The molecule has 0 saturated heterocycles. The smallest absolute Gasteiger partial charge is 0.251 e. The summed E-state index contributed by atoms with van der Waals surface area (Å²) in [5.74, 6) is 1.07. The highest BCUT2D eigenvalue weighted by Crippen LogP contribution is 2.15. The molecule has 0 fully saturated rings. The van der Waals surface area contributed by atoms with E-state index in [1.54, 1.807) is 12.1 Å². The number of halogens is 1. The largest absolute Gasteiger partial charge is 0.493 e. The van der Waals surface area contributed by atoms with Gasteiger partial charge < -0.3 is 15.8 Å². The predicted molar refractivity (Wildman–Crippen MR) is 93.9 cm³/mol. The number of hydrogen-bond donors (Lipinski definition) is 2. The van der Waals surface area contributed by atoms with Gasteiger partial charge in [-0.2, -0.15) is 0 Å². The van der Waals surface area contributed by atoms with Crippen LogP contribution in [-0.4, -0.2) is 24.6 Å². The Hall–Kier alpha value is -1.26. The summed E-state index contributed by atoms with van der Waals surface area (Å²) in [6.45, 7) is 9.38. The van der Waals surface area contributed by atoms with E-state index in [1.165, 1.54) is 0 Å². The lowest BCUT2D eigenvalue weighted by atomic mass is 9.94. The third kappa shape index (κ3) is 6.67. The Bertz CT molecular complexity index is 460. The van der Waals surface area contributed by atoms with Crippen molar-refractivity contribution in [3.05, 3.63) is 29.8 Å². The number of amides is 1. The molecule has 0 radical (unpaired) electrons. The van der Waals surface area contributed by atoms with Gasteiger partial charge in [-0.1, -0.05) is 33.8 Å². The monoisotopic (exact) mass is 328 g/mol. The standard InChI is InChI=1S/C17H28N2O2.ClH/c1-5-17(18,6-2)12-19-16(20)14-8-7-9-15(10-14)21-11-13(3)4;/h7-10,13H,5-6,11-12,18H2,1-4H3,(H,19,20);1H. The van der Waals surface area contributed by atoms with Gasteiger partial charge in [-0.25, -0.2) is 0 Å². The second-order valence-electron chi connectivity index (χ2n) is 5.98. The first kappa shape index (κ1) is 20.7. The molecule has 0 aliphatic rings. The minimum atomic E-state index is -0.332. The molecule has 22 heavy (non-hydrogen) atoms. The molecule has 1 rings (SSSR count). The predicted octanol–water partition coefficient (Wildman–Crippen LogP) is 3.39. The van der Waals surface area contributed by atoms with Crippen LogP contribution < -0.4 is 15.8 Å². The third-order valence-electron chi connectivity index (χ3n) is 3.69. The van der Waals surface area contributed by atoms with Crippen molar-refractivity contribution in [2.75, 3.05) is 13.2 Å². The summed E-state index contributed by atoms with van der Waals surface area (Å²) in [5, 5.41) is 2.91. The Kier molecular flexibility index (Phi) is 9.14. The quantitative estimate of drug-likeness (QED) is 0.768. The molecule has 0 aliphatic carbocycles. The van der Waals surface area contributed by atoms with Gasteiger partial charge in [0.05, 0.1) is 6.61 Å². The molecule has 126 valence electrons. The Morgan fingerprint density at radius 2 is 1.95 bits per heavy atom. The van der Waals surface area contributed by atoms with Crippen molar-refractivity contribution in [1.82, 2.24) is 5.32 Å². The van der Waals surface area contributed by atoms with Crippen LogP contribution in [0.2, 0.25) is 0 Å². The zero-order valence-electron chi connectivity index (χ0n) is 14.0. The second kappa shape index (κ2) is 9.70. The van der Waals surface area contributed by atoms with Crippen LogP contribution in [0.15, 0.2) is 24.3 Å². The molecular weight excluding hydrogens is 300 g/mol. The van der Waals surface area contributed by atoms with Gasteiger partial charge >= 0.3 is 0 Å². The highest BCUT2D eigenvalue weighted by molar-refractivity contribution is 5.94. The molecule has 1 aromatic rings. The topological polar surface area (TPSA) is 64.3 Å². The Labute approximate surface area is 140 Å². The van der Waals surface area contributed by atoms with E-state index in [1.807, 2.05) is 26.0 Å². The maximum atomic E-state index is 12.2. The molecule has 0 atom stereocenters. The lowest BCUT2D eigenvalue weighted by Gasteiger charge is -2.26. The van der Waals surface area contributed by atoms with Gasteiger partial charge in [0.25, 0.3) is 5.91 Å². The van der Waals surface area contributed by atoms with Crippen LogP contribution in [0, 0.1) is 5.92 Å². The Balaban J connectivity index is 0.00000441. The number of ether oxygens (including phenoxy) is 1. The fourth-order valence-electron chi connectivity index (χ4n) is 1.85. The van der Waals surface area contributed by atoms with Crippen LogP contribution in [0.25, 0.3) is 0 Å². The zero-order valence-corrected chi connectivity index (χ0v) is 14.8. The van der Waals surface area contributed by atoms with Gasteiger partial charge in [0.15, 0.2) is 0 Å². The van der Waals surface area contributed by atoms with Crippen molar-refractivity contribution >= 4 is 18.3 Å². The summed E-state index contributed by atoms with van der Waals surface area (Å²) in [5.41, 5.74) is 6.47. The molecule has 4 nitrogen and oxygen atoms in total. The lowest BCUT2D eigenvalue weighted by Crippen LogP contribution is -2.49. The van der Waals surface area contributed by atoms with Crippen LogP contribution in [0.3, 0.4) is 0 Å². The van der Waals surface area contributed by atoms with Gasteiger partial charge in [0, 0.05) is 17.6 Å². The van der Waals surface area contributed by atoms with Crippen molar-refractivity contribution in [2.45, 2.75) is 46.1 Å². The van der Waals surface area contributed by atoms with Crippen molar-refractivity contribution in [1.29, 1.82) is 0 Å². The summed E-state index contributed by atoms with van der Waals surface area (Å²) in [6, 6.07) is 7.26. The number of carbonyl (C=O) groups excluding carboxylic acids is 1. The maximum Gasteiger partial charge on any atom is 0.251 e. The first-order chi connectivity index (χ1) is 9.90. The molecule has 3 N–H and O–H groups in total. The Morgan fingerprint density at radius 1 is 1.32 bits per heavy atom. The zero-order chi connectivity index (χ0) is 15.9. The first-order valence-corrected chi connectivity index (χ1v) is 7.70. The minimum Gasteiger partial charge on any atom is -0.493 e. The number of hydrogen-bond acceptors (Lipinski definition) is 3. The van der Waals surface area contributed by atoms with E-state index in [0.29, 0.717) is 24.6 Å². The highest BCUT2D eigenvalue weighted by Gasteiger charge is 2.21. The fourth-order valence-corrected chi connectivity index (χ4v) is 1.85. The second-order valence-corrected chi connectivity index (χ2v) is 5.98. The van der Waals surface area contributed by atoms with Crippen LogP contribution in [0.4, 0.5) is 0 Å². The molecule has 1 aromatic carbocycles. The van der Waals surface area contributed by atoms with E-state index < -0.39 is 0 Å². The number of nitrogens with one attached hydrogen (secondary N) is 1. The molecule has 0 unspecified atom stereocenters. The van der Waals surface area contributed by atoms with Crippen LogP contribution in [0.1, 0.15) is 50.9 Å². The molecule has 0 heterocycles. The molecule has 0 aliphatic heterocycles. The molecule has 0 saturated carbocycles. The summed E-state index contributed by atoms with van der Waals surface area (Å²) < 4.78 is 5.64. The van der Waals surface area contributed by atoms with Gasteiger partial charge in [-0.05, 0) is 37.0 Å². The van der Waals surface area contributed by atoms with E-state index in [9.17, 15) is 4.79 Å². The van der Waals surface area contributed by atoms with E-state index in [-0.39, 0.29) is 23.9 Å². The van der Waals surface area contributed by atoms with Crippen LogP contribution in [-0.2, 0) is 0 Å². The average Bonchev–Trinajstić information content (AvgIpc) is 2.50. The minimum absolute atomic E-state index is 0. The highest BCUT2D eigenvalue weighted by atomic mass is 35.5. The summed E-state index contributed by atoms with van der Waals surface area (Å²) in [6.07, 6.45) is 1.67. The van der Waals surface area contributed by atoms with Crippen molar-refractivity contribution in [2.24, 2.45) is 11.7 Å². The summed E-state index contributed by atoms with van der Waals surface area (Å²) >= 11 is 0. The fraction of sp³-hybridized carbons (Fsp3) is 0.588. The normalized spacial score (nSPS) is 11.0. The Morgan fingerprint density at radius 3 is 2.50 bits per heavy atom. The number of rotatable bonds is 8. The van der Waals surface area contributed by atoms with E-state index in [2.05, 4.69) is 19.2 Å². The molecule has 5 heteroatoms. The van der Waals surface area contributed by atoms with Crippen LogP contribution in [0.5, 0.6) is 5.75 Å². The molecule has 1 amide bonds. The molecule has 0 aromatic heterocycles. The first-order valence-electron chi connectivity index (χ1n) is 7.70. The van der Waals surface area contributed by atoms with Gasteiger partial charge in [0.2, 0.25) is 0 Å². The number of nitrogens with two attached hydrogens (primary N) is 1. The lowest BCUT2D eigenvalue weighted by molar-refractivity contribution is 0.0941.